The average Bonchev–Trinajstić information content (AvgIpc) is 2.25. The lowest BCUT2D eigenvalue weighted by Gasteiger charge is -2.40. The highest BCUT2D eigenvalue weighted by atomic mass is 28.4. The first kappa shape index (κ1) is 17.8. The summed E-state index contributed by atoms with van der Waals surface area (Å²) in [5, 5.41) is 0.207. The molecule has 0 spiro atoms. The lowest BCUT2D eigenvalue weighted by Crippen LogP contribution is -2.45. The van der Waals surface area contributed by atoms with Crippen LogP contribution in [0.1, 0.15) is 60.3 Å². The molecule has 2 atom stereocenters. The second-order valence-corrected chi connectivity index (χ2v) is 11.7. The molecule has 0 N–H and O–H groups in total. The van der Waals surface area contributed by atoms with E-state index in [0.29, 0.717) is 0 Å². The molecule has 0 aliphatic carbocycles. The van der Waals surface area contributed by atoms with E-state index in [4.69, 9.17) is 4.43 Å². The Morgan fingerprint density at radius 3 is 2.17 bits per heavy atom. The van der Waals surface area contributed by atoms with E-state index in [1.807, 2.05) is 6.92 Å². The highest BCUT2D eigenvalue weighted by molar-refractivity contribution is 6.74. The lowest BCUT2D eigenvalue weighted by molar-refractivity contribution is -0.113. The monoisotopic (exact) mass is 272 g/mol. The van der Waals surface area contributed by atoms with Crippen LogP contribution in [0.2, 0.25) is 18.1 Å². The maximum absolute atomic E-state index is 11.0. The molecule has 0 bridgehead atoms. The molecule has 18 heavy (non-hydrogen) atoms. The Morgan fingerprint density at radius 1 is 1.22 bits per heavy atom. The number of carbonyl (C=O) groups is 1. The molecular weight excluding hydrogens is 240 g/mol. The van der Waals surface area contributed by atoms with Crippen molar-refractivity contribution in [3.8, 4) is 0 Å². The fraction of sp³-hybridized carbons (Fsp3) is 0.933. The average molecular weight is 273 g/mol. The largest absolute Gasteiger partial charge is 0.413 e. The first-order valence-electron chi connectivity index (χ1n) is 7.28. The molecule has 0 heterocycles. The van der Waals surface area contributed by atoms with Crippen LogP contribution >= 0.6 is 0 Å². The summed E-state index contributed by atoms with van der Waals surface area (Å²) >= 11 is 0. The number of rotatable bonds is 8. The van der Waals surface area contributed by atoms with E-state index in [2.05, 4.69) is 40.8 Å². The molecule has 0 radical (unpaired) electrons. The molecule has 0 rings (SSSR count). The normalized spacial score (nSPS) is 16.4. The summed E-state index contributed by atoms with van der Waals surface area (Å²) in [6.07, 6.45) is 5.76. The minimum absolute atomic E-state index is 0.0102. The summed E-state index contributed by atoms with van der Waals surface area (Å²) < 4.78 is 6.41. The minimum atomic E-state index is -1.77. The number of hydrogen-bond acceptors (Lipinski definition) is 2. The Labute approximate surface area is 115 Å². The first-order valence-corrected chi connectivity index (χ1v) is 10.2. The predicted octanol–water partition coefficient (Wildman–Crippen LogP) is 4.79. The molecule has 0 fully saturated rings. The SMILES string of the molecule is CCCCC[C@H](O[Si](C)(C)C(C)(C)C)[C@@H](C)C=O. The molecule has 0 aromatic heterocycles. The molecular formula is C15H32O2Si. The molecule has 0 aliphatic heterocycles. The smallest absolute Gasteiger partial charge is 0.192 e. The van der Waals surface area contributed by atoms with E-state index in [9.17, 15) is 4.79 Å². The molecule has 2 nitrogen and oxygen atoms in total. The summed E-state index contributed by atoms with van der Waals surface area (Å²) in [5.41, 5.74) is 0. The van der Waals surface area contributed by atoms with Gasteiger partial charge in [0.15, 0.2) is 8.32 Å². The quantitative estimate of drug-likeness (QED) is 0.361. The van der Waals surface area contributed by atoms with Gasteiger partial charge in [-0.15, -0.1) is 0 Å². The van der Waals surface area contributed by atoms with Gasteiger partial charge < -0.3 is 9.22 Å². The van der Waals surface area contributed by atoms with Crippen LogP contribution in [-0.4, -0.2) is 20.7 Å². The Kier molecular flexibility index (Phi) is 7.38. The van der Waals surface area contributed by atoms with Crippen molar-refractivity contribution in [2.45, 2.75) is 84.5 Å². The van der Waals surface area contributed by atoms with Gasteiger partial charge in [0.1, 0.15) is 6.29 Å². The van der Waals surface area contributed by atoms with E-state index in [1.54, 1.807) is 0 Å². The second kappa shape index (κ2) is 7.44. The number of hydrogen-bond donors (Lipinski definition) is 0. The maximum Gasteiger partial charge on any atom is 0.192 e. The molecule has 108 valence electrons. The molecule has 3 heteroatoms. The zero-order chi connectivity index (χ0) is 14.4. The van der Waals surface area contributed by atoms with Crippen molar-refractivity contribution < 1.29 is 9.22 Å². The van der Waals surface area contributed by atoms with Crippen LogP contribution in [0.25, 0.3) is 0 Å². The van der Waals surface area contributed by atoms with E-state index in [1.165, 1.54) is 12.8 Å². The zero-order valence-electron chi connectivity index (χ0n) is 13.4. The highest BCUT2D eigenvalue weighted by Crippen LogP contribution is 2.38. The van der Waals surface area contributed by atoms with Crippen molar-refractivity contribution in [2.24, 2.45) is 5.92 Å². The lowest BCUT2D eigenvalue weighted by atomic mass is 10.0. The van der Waals surface area contributed by atoms with Crippen molar-refractivity contribution in [1.29, 1.82) is 0 Å². The Balaban J connectivity index is 4.63. The maximum atomic E-state index is 11.0. The first-order chi connectivity index (χ1) is 8.15. The minimum Gasteiger partial charge on any atom is -0.413 e. The summed E-state index contributed by atoms with van der Waals surface area (Å²) in [6.45, 7) is 15.4. The Hall–Kier alpha value is -0.153. The van der Waals surface area contributed by atoms with Gasteiger partial charge in [-0.1, -0.05) is 53.9 Å². The van der Waals surface area contributed by atoms with Gasteiger partial charge in [0.25, 0.3) is 0 Å². The standard InChI is InChI=1S/C15H32O2Si/c1-8-9-10-11-14(13(2)12-16)17-18(6,7)15(3,4)5/h12-14H,8-11H2,1-7H3/t13-,14-/m0/s1. The van der Waals surface area contributed by atoms with Crippen molar-refractivity contribution in [2.75, 3.05) is 0 Å². The number of aldehydes is 1. The van der Waals surface area contributed by atoms with Gasteiger partial charge in [-0.3, -0.25) is 0 Å². The van der Waals surface area contributed by atoms with Gasteiger partial charge in [0.2, 0.25) is 0 Å². The van der Waals surface area contributed by atoms with Crippen LogP contribution in [0.5, 0.6) is 0 Å². The third-order valence-corrected chi connectivity index (χ3v) is 8.65. The van der Waals surface area contributed by atoms with Crippen LogP contribution in [0.15, 0.2) is 0 Å². The van der Waals surface area contributed by atoms with E-state index in [-0.39, 0.29) is 17.1 Å². The molecule has 0 saturated carbocycles. The summed E-state index contributed by atoms with van der Waals surface area (Å²) in [6, 6.07) is 0. The van der Waals surface area contributed by atoms with Gasteiger partial charge in [0, 0.05) is 5.92 Å². The van der Waals surface area contributed by atoms with Gasteiger partial charge >= 0.3 is 0 Å². The molecule has 0 amide bonds. The molecule has 0 aliphatic rings. The van der Waals surface area contributed by atoms with Gasteiger partial charge in [-0.2, -0.15) is 0 Å². The molecule has 0 unspecified atom stereocenters. The number of carbonyl (C=O) groups excluding carboxylic acids is 1. The van der Waals surface area contributed by atoms with Crippen molar-refractivity contribution in [3.63, 3.8) is 0 Å². The topological polar surface area (TPSA) is 26.3 Å². The number of unbranched alkanes of at least 4 members (excludes halogenated alkanes) is 2. The summed E-state index contributed by atoms with van der Waals surface area (Å²) in [7, 11) is -1.77. The highest BCUT2D eigenvalue weighted by Gasteiger charge is 2.39. The third-order valence-electron chi connectivity index (χ3n) is 4.15. The van der Waals surface area contributed by atoms with Crippen LogP contribution in [0.3, 0.4) is 0 Å². The van der Waals surface area contributed by atoms with Gasteiger partial charge in [-0.25, -0.2) is 0 Å². The Morgan fingerprint density at radius 2 is 1.78 bits per heavy atom. The van der Waals surface area contributed by atoms with E-state index < -0.39 is 8.32 Å². The third kappa shape index (κ3) is 5.66. The van der Waals surface area contributed by atoms with Crippen LogP contribution < -0.4 is 0 Å². The van der Waals surface area contributed by atoms with Gasteiger partial charge in [0.05, 0.1) is 6.10 Å². The van der Waals surface area contributed by atoms with E-state index in [0.717, 1.165) is 19.1 Å². The fourth-order valence-corrected chi connectivity index (χ4v) is 3.11. The molecule has 0 aromatic rings. The van der Waals surface area contributed by atoms with Crippen LogP contribution in [0, 0.1) is 5.92 Å². The van der Waals surface area contributed by atoms with Crippen LogP contribution in [0.4, 0.5) is 0 Å². The predicted molar refractivity (Wildman–Crippen MR) is 81.4 cm³/mol. The van der Waals surface area contributed by atoms with Crippen molar-refractivity contribution in [1.82, 2.24) is 0 Å². The second-order valence-electron chi connectivity index (χ2n) is 6.91. The van der Waals surface area contributed by atoms with Gasteiger partial charge in [-0.05, 0) is 24.6 Å². The fourth-order valence-electron chi connectivity index (χ4n) is 1.67. The summed E-state index contributed by atoms with van der Waals surface area (Å²) in [5.74, 6) is 0.0102. The van der Waals surface area contributed by atoms with Crippen molar-refractivity contribution in [3.05, 3.63) is 0 Å². The zero-order valence-corrected chi connectivity index (χ0v) is 14.4. The molecule has 0 saturated heterocycles. The summed E-state index contributed by atoms with van der Waals surface area (Å²) in [4.78, 5) is 11.0. The van der Waals surface area contributed by atoms with Crippen molar-refractivity contribution >= 4 is 14.6 Å². The van der Waals surface area contributed by atoms with E-state index >= 15 is 0 Å². The molecule has 0 aromatic carbocycles. The Bertz CT molecular complexity index is 243. The van der Waals surface area contributed by atoms with Crippen LogP contribution in [-0.2, 0) is 9.22 Å².